The van der Waals surface area contributed by atoms with Crippen molar-refractivity contribution in [2.24, 2.45) is 11.7 Å². The molecule has 1 aliphatic heterocycles. The van der Waals surface area contributed by atoms with Crippen LogP contribution in [0.15, 0.2) is 97.1 Å². The van der Waals surface area contributed by atoms with Gasteiger partial charge in [-0.1, -0.05) is 68.2 Å². The average molecular weight is 991 g/mol. The van der Waals surface area contributed by atoms with Gasteiger partial charge in [0.25, 0.3) is 5.69 Å². The summed E-state index contributed by atoms with van der Waals surface area (Å²) >= 11 is 0. The van der Waals surface area contributed by atoms with Crippen LogP contribution in [0, 0.1) is 27.9 Å². The molecule has 2 atom stereocenters. The highest BCUT2D eigenvalue weighted by Gasteiger charge is 2.29. The maximum absolute atomic E-state index is 13.6. The maximum Gasteiger partial charge on any atom is 0.514 e. The van der Waals surface area contributed by atoms with Crippen LogP contribution in [0.25, 0.3) is 0 Å². The van der Waals surface area contributed by atoms with Gasteiger partial charge in [-0.25, -0.2) is 9.59 Å². The van der Waals surface area contributed by atoms with Crippen LogP contribution in [-0.2, 0) is 51.3 Å². The quantitative estimate of drug-likeness (QED) is 0.0126. The minimum atomic E-state index is -1.09. The van der Waals surface area contributed by atoms with Gasteiger partial charge in [-0.3, -0.25) is 34.1 Å². The molecule has 0 spiro atoms. The van der Waals surface area contributed by atoms with E-state index in [1.807, 2.05) is 48.5 Å². The smallest absolute Gasteiger partial charge is 0.429 e. The Kier molecular flexibility index (Phi) is 21.5. The number of hydrogen-bond donors (Lipinski definition) is 6. The Balaban J connectivity index is 0.981. The SMILES string of the molecule is CC(C)[C@H](NC(=O)CCOCCOCCNC(=O)CCC(=O)N1Cc2ccccc2C#Cc2ccccc21)C(=O)N[C@@H](CCCNC(N)=O)C(=O)Nc1ccc(COC(=O)Oc2ccc([N+](=O)[O-])cc2)cc1. The molecule has 1 heterocycles. The van der Waals surface area contributed by atoms with Gasteiger partial charge in [0, 0.05) is 61.3 Å². The molecule has 5 rings (SSSR count). The van der Waals surface area contributed by atoms with Crippen LogP contribution >= 0.6 is 0 Å². The van der Waals surface area contributed by atoms with E-state index < -0.39 is 46.9 Å². The summed E-state index contributed by atoms with van der Waals surface area (Å²) in [5, 5.41) is 24.2. The zero-order valence-corrected chi connectivity index (χ0v) is 39.9. The molecule has 21 nitrogen and oxygen atoms in total. The topological polar surface area (TPSA) is 289 Å². The lowest BCUT2D eigenvalue weighted by molar-refractivity contribution is -0.384. The van der Waals surface area contributed by atoms with Crippen LogP contribution in [0.2, 0.25) is 0 Å². The summed E-state index contributed by atoms with van der Waals surface area (Å²) in [6, 6.07) is 23.4. The first kappa shape index (κ1) is 54.6. The van der Waals surface area contributed by atoms with Gasteiger partial charge in [-0.2, -0.15) is 0 Å². The molecule has 0 bridgehead atoms. The van der Waals surface area contributed by atoms with Crippen molar-refractivity contribution in [1.82, 2.24) is 21.3 Å². The number of nitrogens with two attached hydrogens (primary N) is 1. The molecule has 7 N–H and O–H groups in total. The minimum Gasteiger partial charge on any atom is -0.429 e. The lowest BCUT2D eigenvalue weighted by atomic mass is 10.0. The lowest BCUT2D eigenvalue weighted by Gasteiger charge is -2.26. The lowest BCUT2D eigenvalue weighted by Crippen LogP contribution is -2.54. The normalized spacial score (nSPS) is 12.2. The molecule has 7 amide bonds. The molecule has 0 saturated heterocycles. The van der Waals surface area contributed by atoms with Gasteiger partial charge in [0.1, 0.15) is 24.4 Å². The fraction of sp³-hybridized carbons (Fsp3) is 0.353. The Morgan fingerprint density at radius 2 is 1.42 bits per heavy atom. The molecular weight excluding hydrogens is 933 g/mol. The van der Waals surface area contributed by atoms with Gasteiger partial charge in [0.15, 0.2) is 0 Å². The van der Waals surface area contributed by atoms with Crippen molar-refractivity contribution in [2.75, 3.05) is 49.7 Å². The molecule has 21 heteroatoms. The van der Waals surface area contributed by atoms with E-state index in [9.17, 15) is 43.7 Å². The molecule has 1 aliphatic rings. The number of non-ortho nitro benzene ring substituents is 1. The van der Waals surface area contributed by atoms with Gasteiger partial charge in [0.2, 0.25) is 29.5 Å². The number of para-hydroxylation sites is 1. The van der Waals surface area contributed by atoms with E-state index in [4.69, 9.17) is 24.7 Å². The summed E-state index contributed by atoms with van der Waals surface area (Å²) < 4.78 is 21.2. The molecule has 72 heavy (non-hydrogen) atoms. The number of ether oxygens (including phenoxy) is 4. The molecule has 0 aromatic heterocycles. The number of primary amides is 1. The summed E-state index contributed by atoms with van der Waals surface area (Å²) in [6.45, 7) is 4.55. The third-order valence-electron chi connectivity index (χ3n) is 10.8. The second kappa shape index (κ2) is 28.3. The summed E-state index contributed by atoms with van der Waals surface area (Å²) in [5.74, 6) is 3.90. The Bertz CT molecular complexity index is 2600. The highest BCUT2D eigenvalue weighted by atomic mass is 16.7. The largest absolute Gasteiger partial charge is 0.514 e. The number of hydrogen-bond acceptors (Lipinski definition) is 13. The van der Waals surface area contributed by atoms with Crippen molar-refractivity contribution in [2.45, 2.75) is 71.2 Å². The Labute approximate surface area is 416 Å². The molecule has 4 aromatic carbocycles. The van der Waals surface area contributed by atoms with Gasteiger partial charge in [-0.15, -0.1) is 0 Å². The number of carbonyl (C=O) groups excluding carboxylic acids is 7. The number of fused-ring (bicyclic) bond motifs is 2. The molecule has 0 aliphatic carbocycles. The molecule has 0 saturated carbocycles. The monoisotopic (exact) mass is 990 g/mol. The van der Waals surface area contributed by atoms with E-state index in [1.54, 1.807) is 43.0 Å². The number of urea groups is 1. The van der Waals surface area contributed by atoms with Crippen LogP contribution in [0.3, 0.4) is 0 Å². The highest BCUT2D eigenvalue weighted by Crippen LogP contribution is 2.26. The number of rotatable bonds is 26. The fourth-order valence-electron chi connectivity index (χ4n) is 7.05. The molecule has 4 aromatic rings. The minimum absolute atomic E-state index is 0.00295. The Morgan fingerprint density at radius 3 is 2.12 bits per heavy atom. The summed E-state index contributed by atoms with van der Waals surface area (Å²) in [4.78, 5) is 101. The fourth-order valence-corrected chi connectivity index (χ4v) is 7.05. The molecule has 380 valence electrons. The second-order valence-corrected chi connectivity index (χ2v) is 16.6. The van der Waals surface area contributed by atoms with Gasteiger partial charge in [-0.05, 0) is 72.4 Å². The van der Waals surface area contributed by atoms with E-state index in [1.165, 1.54) is 24.3 Å². The van der Waals surface area contributed by atoms with E-state index in [-0.39, 0.29) is 107 Å². The van der Waals surface area contributed by atoms with Crippen molar-refractivity contribution < 1.29 is 57.4 Å². The van der Waals surface area contributed by atoms with Crippen LogP contribution in [-0.4, -0.2) is 98.2 Å². The van der Waals surface area contributed by atoms with Crippen molar-refractivity contribution in [3.8, 4) is 17.6 Å². The van der Waals surface area contributed by atoms with E-state index in [0.717, 1.165) is 16.7 Å². The average Bonchev–Trinajstić information content (AvgIpc) is 3.35. The third kappa shape index (κ3) is 18.2. The van der Waals surface area contributed by atoms with Crippen LogP contribution in [0.1, 0.15) is 68.2 Å². The first-order chi connectivity index (χ1) is 34.7. The number of nitrogens with one attached hydrogen (secondary N) is 5. The van der Waals surface area contributed by atoms with Gasteiger partial charge in [0.05, 0.1) is 43.6 Å². The number of carbonyl (C=O) groups is 7. The van der Waals surface area contributed by atoms with E-state index in [2.05, 4.69) is 38.4 Å². The molecule has 0 radical (unpaired) electrons. The van der Waals surface area contributed by atoms with Crippen LogP contribution in [0.4, 0.5) is 26.7 Å². The highest BCUT2D eigenvalue weighted by molar-refractivity contribution is 5.99. The van der Waals surface area contributed by atoms with Gasteiger partial charge < -0.3 is 56.2 Å². The standard InChI is InChI=1S/C51H58N8O13/c1-34(2)47(49(64)56-42(11-7-26-54-50(52)65)48(63)55-39-17-13-35(14-18-39)33-71-51(66)72-41-21-19-40(20-22-41)59(67)68)57-45(61)25-28-69-30-31-70-29-27-53-44(60)23-24-46(62)58-32-38-10-4-3-8-36(38)15-16-37-9-5-6-12-43(37)58/h3-6,8-10,12-14,17-22,34,42,47H,7,11,23-33H2,1-2H3,(H,53,60)(H,55,63)(H,56,64)(H,57,61)(H3,52,54,65)/t42-,47-/m0/s1. The summed E-state index contributed by atoms with van der Waals surface area (Å²) in [6.07, 6.45) is -0.729. The maximum atomic E-state index is 13.6. The molecule has 0 unspecified atom stereocenters. The zero-order valence-electron chi connectivity index (χ0n) is 39.9. The number of anilines is 2. The predicted octanol–water partition coefficient (Wildman–Crippen LogP) is 4.59. The number of nitro groups is 1. The Hall–Kier alpha value is -8.35. The van der Waals surface area contributed by atoms with Crippen molar-refractivity contribution in [3.63, 3.8) is 0 Å². The number of nitro benzene ring substituents is 1. The van der Waals surface area contributed by atoms with Crippen LogP contribution in [0.5, 0.6) is 5.75 Å². The van der Waals surface area contributed by atoms with E-state index >= 15 is 0 Å². The Morgan fingerprint density at radius 1 is 0.736 bits per heavy atom. The first-order valence-corrected chi connectivity index (χ1v) is 23.2. The predicted molar refractivity (Wildman–Crippen MR) is 263 cm³/mol. The first-order valence-electron chi connectivity index (χ1n) is 23.2. The number of benzene rings is 4. The summed E-state index contributed by atoms with van der Waals surface area (Å²) in [5.41, 5.74) is 9.11. The van der Waals surface area contributed by atoms with Crippen molar-refractivity contribution in [3.05, 3.63) is 129 Å². The molecular formula is C51H58N8O13. The summed E-state index contributed by atoms with van der Waals surface area (Å²) in [7, 11) is 0. The number of amides is 7. The van der Waals surface area contributed by atoms with Crippen molar-refractivity contribution in [1.29, 1.82) is 0 Å². The second-order valence-electron chi connectivity index (χ2n) is 16.6. The molecule has 0 fully saturated rings. The van der Waals surface area contributed by atoms with E-state index in [0.29, 0.717) is 23.5 Å². The number of nitrogens with zero attached hydrogens (tertiary/aromatic N) is 2. The third-order valence-corrected chi connectivity index (χ3v) is 10.8. The van der Waals surface area contributed by atoms with Gasteiger partial charge >= 0.3 is 12.2 Å². The van der Waals surface area contributed by atoms with Crippen LogP contribution < -0.4 is 42.0 Å². The zero-order chi connectivity index (χ0) is 51.8. The van der Waals surface area contributed by atoms with Crippen molar-refractivity contribution >= 4 is 58.8 Å².